The van der Waals surface area contributed by atoms with Crippen molar-refractivity contribution in [2.75, 3.05) is 14.2 Å². The molecule has 0 fully saturated rings. The van der Waals surface area contributed by atoms with Crippen LogP contribution in [0, 0.1) is 10.1 Å². The van der Waals surface area contributed by atoms with Crippen molar-refractivity contribution in [2.24, 2.45) is 0 Å². The van der Waals surface area contributed by atoms with Gasteiger partial charge in [-0.3, -0.25) is 14.9 Å². The van der Waals surface area contributed by atoms with Gasteiger partial charge >= 0.3 is 11.7 Å². The molecular formula is C12H14N2O6. The first-order chi connectivity index (χ1) is 9.42. The summed E-state index contributed by atoms with van der Waals surface area (Å²) in [6, 6.07) is 3.18. The van der Waals surface area contributed by atoms with Crippen molar-refractivity contribution >= 4 is 17.6 Å². The van der Waals surface area contributed by atoms with E-state index in [2.05, 4.69) is 10.1 Å². The largest absolute Gasteiger partial charge is 0.490 e. The van der Waals surface area contributed by atoms with E-state index in [0.29, 0.717) is 0 Å². The highest BCUT2D eigenvalue weighted by Gasteiger charge is 2.27. The van der Waals surface area contributed by atoms with Crippen LogP contribution in [-0.2, 0) is 9.53 Å². The standard InChI is InChI=1S/C12H14N2O6/c1-7(12(16)20-3)13-11(15)8-5-4-6-9(19-2)10(8)14(17)18/h4-7H,1-3H3,(H,13,15). The average molecular weight is 282 g/mol. The zero-order chi connectivity index (χ0) is 15.3. The van der Waals surface area contributed by atoms with E-state index < -0.39 is 28.5 Å². The number of nitrogens with one attached hydrogen (secondary N) is 1. The topological polar surface area (TPSA) is 108 Å². The zero-order valence-corrected chi connectivity index (χ0v) is 11.2. The maximum atomic E-state index is 12.0. The minimum absolute atomic E-state index is 0.0339. The number of methoxy groups -OCH3 is 2. The minimum Gasteiger partial charge on any atom is -0.490 e. The van der Waals surface area contributed by atoms with Gasteiger partial charge in [0.2, 0.25) is 0 Å². The van der Waals surface area contributed by atoms with Gasteiger partial charge < -0.3 is 14.8 Å². The first kappa shape index (κ1) is 15.4. The number of para-hydroxylation sites is 1. The van der Waals surface area contributed by atoms with E-state index in [1.807, 2.05) is 0 Å². The Morgan fingerprint density at radius 1 is 1.35 bits per heavy atom. The number of carbonyl (C=O) groups excluding carboxylic acids is 2. The lowest BCUT2D eigenvalue weighted by Gasteiger charge is -2.12. The summed E-state index contributed by atoms with van der Waals surface area (Å²) in [6.07, 6.45) is 0. The second kappa shape index (κ2) is 6.50. The lowest BCUT2D eigenvalue weighted by Crippen LogP contribution is -2.39. The summed E-state index contributed by atoms with van der Waals surface area (Å²) in [5.74, 6) is -1.44. The van der Waals surface area contributed by atoms with E-state index in [4.69, 9.17) is 4.74 Å². The van der Waals surface area contributed by atoms with Gasteiger partial charge in [0.25, 0.3) is 5.91 Å². The predicted molar refractivity (Wildman–Crippen MR) is 68.6 cm³/mol. The molecular weight excluding hydrogens is 268 g/mol. The SMILES string of the molecule is COC(=O)C(C)NC(=O)c1cccc(OC)c1[N+](=O)[O-]. The molecule has 0 aliphatic carbocycles. The molecule has 0 aliphatic heterocycles. The summed E-state index contributed by atoms with van der Waals surface area (Å²) in [4.78, 5) is 33.5. The molecule has 0 spiro atoms. The number of amides is 1. The predicted octanol–water partition coefficient (Wildman–Crippen LogP) is 0.895. The second-order valence-electron chi connectivity index (χ2n) is 3.83. The number of nitrogens with zero attached hydrogens (tertiary/aromatic N) is 1. The normalized spacial score (nSPS) is 11.3. The molecule has 1 amide bonds. The molecule has 1 aromatic rings. The van der Waals surface area contributed by atoms with Crippen LogP contribution < -0.4 is 10.1 Å². The first-order valence-corrected chi connectivity index (χ1v) is 5.62. The highest BCUT2D eigenvalue weighted by atomic mass is 16.6. The summed E-state index contributed by atoms with van der Waals surface area (Å²) in [6.45, 7) is 1.41. The van der Waals surface area contributed by atoms with Gasteiger partial charge in [0.05, 0.1) is 19.1 Å². The molecule has 0 aliphatic rings. The number of rotatable bonds is 5. The fourth-order valence-corrected chi connectivity index (χ4v) is 1.57. The van der Waals surface area contributed by atoms with Gasteiger partial charge in [0.15, 0.2) is 5.75 Å². The van der Waals surface area contributed by atoms with Crippen LogP contribution in [0.2, 0.25) is 0 Å². The maximum absolute atomic E-state index is 12.0. The van der Waals surface area contributed by atoms with Crippen molar-refractivity contribution in [3.05, 3.63) is 33.9 Å². The van der Waals surface area contributed by atoms with E-state index in [0.717, 1.165) is 0 Å². The number of ether oxygens (including phenoxy) is 2. The molecule has 108 valence electrons. The van der Waals surface area contributed by atoms with Gasteiger partial charge in [-0.1, -0.05) is 6.07 Å². The van der Waals surface area contributed by atoms with Gasteiger partial charge in [-0.05, 0) is 19.1 Å². The molecule has 1 atom stereocenters. The molecule has 20 heavy (non-hydrogen) atoms. The molecule has 8 nitrogen and oxygen atoms in total. The molecule has 0 saturated carbocycles. The second-order valence-corrected chi connectivity index (χ2v) is 3.83. The molecule has 0 saturated heterocycles. The third kappa shape index (κ3) is 3.22. The fraction of sp³-hybridized carbons (Fsp3) is 0.333. The van der Waals surface area contributed by atoms with E-state index in [1.165, 1.54) is 39.3 Å². The van der Waals surface area contributed by atoms with Crippen LogP contribution in [0.15, 0.2) is 18.2 Å². The molecule has 0 heterocycles. The Hall–Kier alpha value is -2.64. The third-order valence-corrected chi connectivity index (χ3v) is 2.55. The Morgan fingerprint density at radius 3 is 2.50 bits per heavy atom. The highest BCUT2D eigenvalue weighted by Crippen LogP contribution is 2.30. The summed E-state index contributed by atoms with van der Waals surface area (Å²) < 4.78 is 9.32. The van der Waals surface area contributed by atoms with E-state index >= 15 is 0 Å². The molecule has 1 rings (SSSR count). The van der Waals surface area contributed by atoms with Gasteiger partial charge in [0, 0.05) is 0 Å². The van der Waals surface area contributed by atoms with Gasteiger partial charge in [-0.25, -0.2) is 4.79 Å². The van der Waals surface area contributed by atoms with Gasteiger partial charge in [-0.15, -0.1) is 0 Å². The first-order valence-electron chi connectivity index (χ1n) is 5.62. The van der Waals surface area contributed by atoms with Crippen LogP contribution in [0.3, 0.4) is 0 Å². The van der Waals surface area contributed by atoms with Crippen LogP contribution in [0.4, 0.5) is 5.69 Å². The van der Waals surface area contributed by atoms with Crippen LogP contribution in [0.1, 0.15) is 17.3 Å². The van der Waals surface area contributed by atoms with Crippen molar-refractivity contribution in [1.29, 1.82) is 0 Å². The molecule has 1 unspecified atom stereocenters. The minimum atomic E-state index is -0.918. The number of benzene rings is 1. The van der Waals surface area contributed by atoms with Crippen LogP contribution in [0.25, 0.3) is 0 Å². The van der Waals surface area contributed by atoms with Gasteiger partial charge in [0.1, 0.15) is 11.6 Å². The Morgan fingerprint density at radius 2 is 2.00 bits per heavy atom. The van der Waals surface area contributed by atoms with E-state index in [9.17, 15) is 19.7 Å². The average Bonchev–Trinajstić information content (AvgIpc) is 2.44. The zero-order valence-electron chi connectivity index (χ0n) is 11.2. The van der Waals surface area contributed by atoms with E-state index in [-0.39, 0.29) is 11.3 Å². The Kier molecular flexibility index (Phi) is 5.01. The molecule has 1 aromatic carbocycles. The number of carbonyl (C=O) groups is 2. The van der Waals surface area contributed by atoms with Crippen molar-refractivity contribution in [3.63, 3.8) is 0 Å². The van der Waals surface area contributed by atoms with Crippen LogP contribution in [-0.4, -0.2) is 37.1 Å². The Labute approximate surface area is 114 Å². The number of esters is 1. The van der Waals surface area contributed by atoms with E-state index in [1.54, 1.807) is 0 Å². The van der Waals surface area contributed by atoms with Crippen LogP contribution in [0.5, 0.6) is 5.75 Å². The van der Waals surface area contributed by atoms with Gasteiger partial charge in [-0.2, -0.15) is 0 Å². The molecule has 0 radical (unpaired) electrons. The maximum Gasteiger partial charge on any atom is 0.328 e. The number of nitro benzene ring substituents is 1. The number of hydrogen-bond acceptors (Lipinski definition) is 6. The van der Waals surface area contributed by atoms with Crippen molar-refractivity contribution in [1.82, 2.24) is 5.32 Å². The van der Waals surface area contributed by atoms with Crippen molar-refractivity contribution in [3.8, 4) is 5.75 Å². The molecule has 0 aromatic heterocycles. The lowest BCUT2D eigenvalue weighted by atomic mass is 10.1. The fourth-order valence-electron chi connectivity index (χ4n) is 1.57. The summed E-state index contributed by atoms with van der Waals surface area (Å²) in [5.41, 5.74) is -0.644. The smallest absolute Gasteiger partial charge is 0.328 e. The molecule has 0 bridgehead atoms. The summed E-state index contributed by atoms with van der Waals surface area (Å²) in [5, 5.41) is 13.4. The van der Waals surface area contributed by atoms with Crippen molar-refractivity contribution < 1.29 is 24.0 Å². The summed E-state index contributed by atoms with van der Waals surface area (Å²) >= 11 is 0. The third-order valence-electron chi connectivity index (χ3n) is 2.55. The Balaban J connectivity index is 3.10. The Bertz CT molecular complexity index is 543. The highest BCUT2D eigenvalue weighted by molar-refractivity contribution is 6.00. The summed E-state index contributed by atoms with van der Waals surface area (Å²) in [7, 11) is 2.44. The number of hydrogen-bond donors (Lipinski definition) is 1. The lowest BCUT2D eigenvalue weighted by molar-refractivity contribution is -0.386. The number of nitro groups is 1. The monoisotopic (exact) mass is 282 g/mol. The quantitative estimate of drug-likeness (QED) is 0.488. The molecule has 1 N–H and O–H groups in total. The van der Waals surface area contributed by atoms with Crippen LogP contribution >= 0.6 is 0 Å². The van der Waals surface area contributed by atoms with Crippen molar-refractivity contribution in [2.45, 2.75) is 13.0 Å². The molecule has 8 heteroatoms.